The van der Waals surface area contributed by atoms with Gasteiger partial charge in [-0.25, -0.2) is 8.42 Å². The smallest absolute Gasteiger partial charge is 0.329 e. The molecule has 1 aromatic rings. The first-order valence-electron chi connectivity index (χ1n) is 5.74. The number of benzene rings is 1. The molecular formula is C14H14O4S. The van der Waals surface area contributed by atoms with Gasteiger partial charge in [-0.2, -0.15) is 0 Å². The fraction of sp³-hybridized carbons (Fsp3) is 0.214. The van der Waals surface area contributed by atoms with Crippen molar-refractivity contribution in [2.24, 2.45) is 0 Å². The summed E-state index contributed by atoms with van der Waals surface area (Å²) in [6, 6.07) is 9.18. The summed E-state index contributed by atoms with van der Waals surface area (Å²) in [5.41, 5.74) is 1.54. The van der Waals surface area contributed by atoms with E-state index in [2.05, 4.69) is 0 Å². The second-order valence-corrected chi connectivity index (χ2v) is 6.83. The van der Waals surface area contributed by atoms with Gasteiger partial charge >= 0.3 is 5.97 Å². The van der Waals surface area contributed by atoms with E-state index >= 15 is 0 Å². The molecular weight excluding hydrogens is 264 g/mol. The van der Waals surface area contributed by atoms with Crippen molar-refractivity contribution in [1.29, 1.82) is 0 Å². The van der Waals surface area contributed by atoms with Gasteiger partial charge in [0.15, 0.2) is 14.6 Å². The Balaban J connectivity index is 2.49. The van der Waals surface area contributed by atoms with Crippen LogP contribution < -0.4 is 0 Å². The largest absolute Gasteiger partial charge is 0.480 e. The van der Waals surface area contributed by atoms with E-state index in [0.717, 1.165) is 11.8 Å². The molecule has 0 spiro atoms. The Kier molecular flexibility index (Phi) is 3.32. The van der Waals surface area contributed by atoms with Gasteiger partial charge in [-0.05, 0) is 11.1 Å². The van der Waals surface area contributed by atoms with Crippen LogP contribution in [0.3, 0.4) is 0 Å². The molecule has 1 aliphatic carbocycles. The molecule has 100 valence electrons. The number of sulfone groups is 1. The highest BCUT2D eigenvalue weighted by molar-refractivity contribution is 7.93. The van der Waals surface area contributed by atoms with Crippen LogP contribution in [0.5, 0.6) is 0 Å². The Morgan fingerprint density at radius 2 is 1.89 bits per heavy atom. The Morgan fingerprint density at radius 3 is 2.42 bits per heavy atom. The molecule has 0 aliphatic heterocycles. The van der Waals surface area contributed by atoms with Crippen molar-refractivity contribution in [3.8, 4) is 0 Å². The van der Waals surface area contributed by atoms with Crippen LogP contribution in [-0.4, -0.2) is 30.5 Å². The number of hydrogen-bond acceptors (Lipinski definition) is 3. The fourth-order valence-corrected chi connectivity index (χ4v) is 3.19. The maximum absolute atomic E-state index is 11.9. The quantitative estimate of drug-likeness (QED) is 0.916. The normalized spacial score (nSPS) is 22.9. The monoisotopic (exact) mass is 278 g/mol. The van der Waals surface area contributed by atoms with E-state index < -0.39 is 20.6 Å². The van der Waals surface area contributed by atoms with Crippen LogP contribution in [0.25, 0.3) is 5.57 Å². The molecule has 0 saturated carbocycles. The molecule has 1 unspecified atom stereocenters. The SMILES string of the molecule is CS(=O)(=O)C1(C(=O)O)C=CC=C(c2ccccc2)C1. The summed E-state index contributed by atoms with van der Waals surface area (Å²) in [6.07, 6.45) is 5.40. The molecule has 0 saturated heterocycles. The van der Waals surface area contributed by atoms with Gasteiger partial charge in [0.2, 0.25) is 0 Å². The van der Waals surface area contributed by atoms with Crippen LogP contribution in [0.2, 0.25) is 0 Å². The third kappa shape index (κ3) is 2.33. The summed E-state index contributed by atoms with van der Waals surface area (Å²) < 4.78 is 21.9. The molecule has 19 heavy (non-hydrogen) atoms. The molecule has 0 bridgehead atoms. The number of carboxylic acid groups (broad SMARTS) is 1. The van der Waals surface area contributed by atoms with Crippen molar-refractivity contribution < 1.29 is 18.3 Å². The highest BCUT2D eigenvalue weighted by atomic mass is 32.2. The van der Waals surface area contributed by atoms with Crippen molar-refractivity contribution in [1.82, 2.24) is 0 Å². The van der Waals surface area contributed by atoms with Crippen molar-refractivity contribution in [3.63, 3.8) is 0 Å². The molecule has 0 amide bonds. The minimum absolute atomic E-state index is 0.0539. The summed E-state index contributed by atoms with van der Waals surface area (Å²) in [6.45, 7) is 0. The highest BCUT2D eigenvalue weighted by Crippen LogP contribution is 2.35. The molecule has 0 heterocycles. The third-order valence-corrected chi connectivity index (χ3v) is 5.06. The Labute approximate surface area is 112 Å². The topological polar surface area (TPSA) is 71.4 Å². The fourth-order valence-electron chi connectivity index (χ4n) is 2.13. The van der Waals surface area contributed by atoms with Gasteiger partial charge in [-0.3, -0.25) is 4.79 Å². The van der Waals surface area contributed by atoms with Crippen LogP contribution in [0.15, 0.2) is 48.6 Å². The van der Waals surface area contributed by atoms with Gasteiger partial charge in [0.1, 0.15) is 0 Å². The van der Waals surface area contributed by atoms with E-state index in [0.29, 0.717) is 5.57 Å². The predicted molar refractivity (Wildman–Crippen MR) is 73.4 cm³/mol. The minimum Gasteiger partial charge on any atom is -0.480 e. The Bertz CT molecular complexity index is 656. The second-order valence-electron chi connectivity index (χ2n) is 4.56. The van der Waals surface area contributed by atoms with Crippen LogP contribution >= 0.6 is 0 Å². The van der Waals surface area contributed by atoms with E-state index in [-0.39, 0.29) is 6.42 Å². The van der Waals surface area contributed by atoms with Crippen LogP contribution in [0.4, 0.5) is 0 Å². The molecule has 0 aromatic heterocycles. The molecule has 1 aromatic carbocycles. The van der Waals surface area contributed by atoms with Crippen LogP contribution in [0.1, 0.15) is 12.0 Å². The number of allylic oxidation sites excluding steroid dienone is 3. The number of rotatable bonds is 3. The van der Waals surface area contributed by atoms with E-state index in [1.165, 1.54) is 12.2 Å². The predicted octanol–water partition coefficient (Wildman–Crippen LogP) is 1.90. The summed E-state index contributed by atoms with van der Waals surface area (Å²) in [4.78, 5) is 11.4. The summed E-state index contributed by atoms with van der Waals surface area (Å²) in [5, 5.41) is 9.33. The highest BCUT2D eigenvalue weighted by Gasteiger charge is 2.47. The zero-order valence-electron chi connectivity index (χ0n) is 10.4. The molecule has 2 rings (SSSR count). The molecule has 0 fully saturated rings. The molecule has 0 radical (unpaired) electrons. The zero-order valence-corrected chi connectivity index (χ0v) is 11.2. The average molecular weight is 278 g/mol. The maximum atomic E-state index is 11.9. The standard InChI is InChI=1S/C14H14O4S/c1-19(17,18)14(13(15)16)9-5-8-12(10-14)11-6-3-2-4-7-11/h2-9H,10H2,1H3,(H,15,16). The van der Waals surface area contributed by atoms with E-state index in [1.54, 1.807) is 6.08 Å². The number of carboxylic acids is 1. The van der Waals surface area contributed by atoms with Crippen molar-refractivity contribution in [2.45, 2.75) is 11.2 Å². The number of hydrogen-bond donors (Lipinski definition) is 1. The lowest BCUT2D eigenvalue weighted by molar-refractivity contribution is -0.138. The van der Waals surface area contributed by atoms with Crippen LogP contribution in [0, 0.1) is 0 Å². The lowest BCUT2D eigenvalue weighted by atomic mass is 9.89. The van der Waals surface area contributed by atoms with Gasteiger partial charge in [0.25, 0.3) is 0 Å². The zero-order chi connectivity index (χ0) is 14.1. The number of carbonyl (C=O) groups is 1. The van der Waals surface area contributed by atoms with Gasteiger partial charge < -0.3 is 5.11 Å². The van der Waals surface area contributed by atoms with E-state index in [1.807, 2.05) is 30.3 Å². The molecule has 1 aliphatic rings. The lowest BCUT2D eigenvalue weighted by Crippen LogP contribution is -2.45. The number of aliphatic carboxylic acids is 1. The van der Waals surface area contributed by atoms with E-state index in [4.69, 9.17) is 0 Å². The maximum Gasteiger partial charge on any atom is 0.329 e. The van der Waals surface area contributed by atoms with Crippen molar-refractivity contribution >= 4 is 21.4 Å². The van der Waals surface area contributed by atoms with Crippen LogP contribution in [-0.2, 0) is 14.6 Å². The minimum atomic E-state index is -3.75. The first kappa shape index (κ1) is 13.5. The second kappa shape index (κ2) is 4.66. The summed E-state index contributed by atoms with van der Waals surface area (Å²) in [7, 11) is -3.75. The average Bonchev–Trinajstić information content (AvgIpc) is 2.38. The molecule has 1 atom stereocenters. The van der Waals surface area contributed by atoms with Gasteiger partial charge in [-0.1, -0.05) is 48.6 Å². The summed E-state index contributed by atoms with van der Waals surface area (Å²) in [5.74, 6) is -1.34. The molecule has 4 nitrogen and oxygen atoms in total. The third-order valence-electron chi connectivity index (χ3n) is 3.28. The molecule has 5 heteroatoms. The molecule has 1 N–H and O–H groups in total. The van der Waals surface area contributed by atoms with Crippen molar-refractivity contribution in [3.05, 3.63) is 54.1 Å². The van der Waals surface area contributed by atoms with Gasteiger partial charge in [0, 0.05) is 12.7 Å². The first-order chi connectivity index (χ1) is 8.87. The van der Waals surface area contributed by atoms with Gasteiger partial charge in [0.05, 0.1) is 0 Å². The van der Waals surface area contributed by atoms with Crippen molar-refractivity contribution in [2.75, 3.05) is 6.26 Å². The Hall–Kier alpha value is -1.88. The van der Waals surface area contributed by atoms with E-state index in [9.17, 15) is 18.3 Å². The Morgan fingerprint density at radius 1 is 1.26 bits per heavy atom. The van der Waals surface area contributed by atoms with Gasteiger partial charge in [-0.15, -0.1) is 0 Å². The summed E-state index contributed by atoms with van der Waals surface area (Å²) >= 11 is 0. The lowest BCUT2D eigenvalue weighted by Gasteiger charge is -2.27. The first-order valence-corrected chi connectivity index (χ1v) is 7.63.